The lowest BCUT2D eigenvalue weighted by Gasteiger charge is -2.33. The molecule has 2 aliphatic rings. The maximum absolute atomic E-state index is 14.3. The molecule has 7 nitrogen and oxygen atoms in total. The first kappa shape index (κ1) is 25.4. The monoisotopic (exact) mass is 516 g/mol. The lowest BCUT2D eigenvalue weighted by Crippen LogP contribution is -2.41. The maximum atomic E-state index is 14.3. The second-order valence-electron chi connectivity index (χ2n) is 9.05. The summed E-state index contributed by atoms with van der Waals surface area (Å²) in [5.41, 5.74) is -0.565. The van der Waals surface area contributed by atoms with Gasteiger partial charge in [0.2, 0.25) is 5.91 Å². The largest absolute Gasteiger partial charge is 0.480 e. The Morgan fingerprint density at radius 1 is 1.17 bits per heavy atom. The lowest BCUT2D eigenvalue weighted by molar-refractivity contribution is -0.142. The van der Waals surface area contributed by atoms with Crippen LogP contribution in [0.15, 0.2) is 18.2 Å². The van der Waals surface area contributed by atoms with Crippen molar-refractivity contribution in [2.45, 2.75) is 44.9 Å². The number of likely N-dealkylation sites (tertiary alicyclic amines) is 1. The number of benzene rings is 1. The van der Waals surface area contributed by atoms with E-state index in [1.807, 2.05) is 4.90 Å². The van der Waals surface area contributed by atoms with Gasteiger partial charge in [0.15, 0.2) is 5.69 Å². The number of hydrogen-bond acceptors (Lipinski definition) is 4. The highest BCUT2D eigenvalue weighted by Gasteiger charge is 2.41. The van der Waals surface area contributed by atoms with Crippen LogP contribution in [0.2, 0.25) is 5.02 Å². The first-order valence-corrected chi connectivity index (χ1v) is 11.7. The van der Waals surface area contributed by atoms with Crippen LogP contribution < -0.4 is 0 Å². The molecule has 0 unspecified atom stereocenters. The van der Waals surface area contributed by atoms with Crippen LogP contribution in [-0.4, -0.2) is 62.7 Å². The summed E-state index contributed by atoms with van der Waals surface area (Å²) in [6, 6.07) is 3.95. The summed E-state index contributed by atoms with van der Waals surface area (Å²) < 4.78 is 56.4. The van der Waals surface area contributed by atoms with E-state index in [0.29, 0.717) is 25.9 Å². The van der Waals surface area contributed by atoms with E-state index in [1.54, 1.807) is 0 Å². The number of amides is 1. The first-order chi connectivity index (χ1) is 16.5. The Morgan fingerprint density at radius 2 is 1.89 bits per heavy atom. The van der Waals surface area contributed by atoms with Crippen molar-refractivity contribution in [3.8, 4) is 0 Å². The number of piperidine rings is 1. The molecule has 0 saturated carbocycles. The minimum absolute atomic E-state index is 0.00999. The maximum Gasteiger partial charge on any atom is 0.435 e. The number of carbonyl (C=O) groups excluding carboxylic acids is 1. The molecule has 1 aromatic carbocycles. The van der Waals surface area contributed by atoms with Gasteiger partial charge in [-0.15, -0.1) is 0 Å². The smallest absolute Gasteiger partial charge is 0.435 e. The zero-order valence-corrected chi connectivity index (χ0v) is 19.6. The molecule has 1 saturated heterocycles. The van der Waals surface area contributed by atoms with Crippen LogP contribution in [0.1, 0.15) is 41.8 Å². The molecule has 1 N–H and O–H groups in total. The van der Waals surface area contributed by atoms with Crippen LogP contribution in [0.5, 0.6) is 0 Å². The van der Waals surface area contributed by atoms with E-state index in [0.717, 1.165) is 10.7 Å². The average molecular weight is 517 g/mol. The molecule has 4 rings (SSSR count). The van der Waals surface area contributed by atoms with E-state index in [-0.39, 0.29) is 72.7 Å². The molecule has 1 amide bonds. The van der Waals surface area contributed by atoms with E-state index in [2.05, 4.69) is 5.10 Å². The summed E-state index contributed by atoms with van der Waals surface area (Å²) >= 11 is 5.78. The van der Waals surface area contributed by atoms with Gasteiger partial charge >= 0.3 is 12.1 Å². The van der Waals surface area contributed by atoms with Gasteiger partial charge in [-0.3, -0.25) is 19.2 Å². The molecule has 35 heavy (non-hydrogen) atoms. The molecule has 2 aromatic rings. The third-order valence-electron chi connectivity index (χ3n) is 6.62. The molecule has 190 valence electrons. The number of carbonyl (C=O) groups is 2. The summed E-state index contributed by atoms with van der Waals surface area (Å²) in [6.07, 6.45) is -3.03. The van der Waals surface area contributed by atoms with E-state index < -0.39 is 23.7 Å². The summed E-state index contributed by atoms with van der Waals surface area (Å²) in [4.78, 5) is 27.2. The number of alkyl halides is 3. The van der Waals surface area contributed by atoms with Crippen molar-refractivity contribution < 1.29 is 32.3 Å². The third-order valence-corrected chi connectivity index (χ3v) is 6.86. The molecule has 0 atom stereocenters. The van der Waals surface area contributed by atoms with Crippen molar-refractivity contribution in [2.24, 2.45) is 5.92 Å². The predicted molar refractivity (Wildman–Crippen MR) is 118 cm³/mol. The molecule has 2 aliphatic heterocycles. The first-order valence-electron chi connectivity index (χ1n) is 11.3. The lowest BCUT2D eigenvalue weighted by atomic mass is 9.92. The van der Waals surface area contributed by atoms with E-state index in [4.69, 9.17) is 16.7 Å². The van der Waals surface area contributed by atoms with Gasteiger partial charge in [0, 0.05) is 29.1 Å². The quantitative estimate of drug-likeness (QED) is 0.591. The third kappa shape index (κ3) is 5.95. The van der Waals surface area contributed by atoms with Crippen molar-refractivity contribution in [2.75, 3.05) is 26.2 Å². The summed E-state index contributed by atoms with van der Waals surface area (Å²) in [5, 5.41) is 12.9. The predicted octanol–water partition coefficient (Wildman–Crippen LogP) is 3.81. The molecule has 12 heteroatoms. The number of hydrogen-bond donors (Lipinski definition) is 1. The van der Waals surface area contributed by atoms with Crippen LogP contribution in [0.4, 0.5) is 17.6 Å². The van der Waals surface area contributed by atoms with Crippen LogP contribution in [0.3, 0.4) is 0 Å². The van der Waals surface area contributed by atoms with Crippen LogP contribution in [0.25, 0.3) is 0 Å². The minimum Gasteiger partial charge on any atom is -0.480 e. The standard InChI is InChI=1S/C23H25ClF4N4O3/c24-16-2-1-15(18(25)10-16)11-32-19-12-31(8-5-17(19)22(29-32)23(26,27)28)20(33)9-14-3-6-30(7-4-14)13-21(34)35/h1-2,10,14H,3-9,11-13H2,(H,34,35). The Balaban J connectivity index is 1.48. The number of fused-ring (bicyclic) bond motifs is 1. The second-order valence-corrected chi connectivity index (χ2v) is 9.48. The van der Waals surface area contributed by atoms with Crippen LogP contribution >= 0.6 is 11.6 Å². The Labute approximate surface area is 204 Å². The van der Waals surface area contributed by atoms with Crippen molar-refractivity contribution in [1.29, 1.82) is 0 Å². The number of aromatic nitrogens is 2. The van der Waals surface area contributed by atoms with Crippen molar-refractivity contribution in [1.82, 2.24) is 19.6 Å². The molecular formula is C23H25ClF4N4O3. The molecule has 0 radical (unpaired) electrons. The van der Waals surface area contributed by atoms with Gasteiger partial charge in [-0.05, 0) is 50.4 Å². The Bertz CT molecular complexity index is 1110. The van der Waals surface area contributed by atoms with Gasteiger partial charge in [0.1, 0.15) is 5.82 Å². The number of halogens is 5. The second kappa shape index (κ2) is 10.1. The van der Waals surface area contributed by atoms with Crippen molar-refractivity contribution in [3.63, 3.8) is 0 Å². The average Bonchev–Trinajstić information content (AvgIpc) is 3.15. The minimum atomic E-state index is -4.66. The Kier molecular flexibility index (Phi) is 7.37. The number of nitrogens with zero attached hydrogens (tertiary/aromatic N) is 4. The highest BCUT2D eigenvalue weighted by atomic mass is 35.5. The van der Waals surface area contributed by atoms with Gasteiger partial charge in [-0.1, -0.05) is 17.7 Å². The zero-order valence-electron chi connectivity index (χ0n) is 18.8. The number of carboxylic acids is 1. The van der Waals surface area contributed by atoms with Gasteiger partial charge in [-0.25, -0.2) is 4.39 Å². The fraction of sp³-hybridized carbons (Fsp3) is 0.522. The van der Waals surface area contributed by atoms with Gasteiger partial charge in [0.25, 0.3) is 0 Å². The van der Waals surface area contributed by atoms with Crippen molar-refractivity contribution >= 4 is 23.5 Å². The SMILES string of the molecule is O=C(O)CN1CCC(CC(=O)N2CCc3c(C(F)(F)F)nn(Cc4ccc(Cl)cc4F)c3C2)CC1. The summed E-state index contributed by atoms with van der Waals surface area (Å²) in [6.45, 7) is 1.03. The highest BCUT2D eigenvalue weighted by Crippen LogP contribution is 2.36. The summed E-state index contributed by atoms with van der Waals surface area (Å²) in [5.74, 6) is -1.61. The van der Waals surface area contributed by atoms with Gasteiger partial charge in [-0.2, -0.15) is 18.3 Å². The molecular weight excluding hydrogens is 492 g/mol. The van der Waals surface area contributed by atoms with E-state index >= 15 is 0 Å². The highest BCUT2D eigenvalue weighted by molar-refractivity contribution is 6.30. The fourth-order valence-electron chi connectivity index (χ4n) is 4.78. The summed E-state index contributed by atoms with van der Waals surface area (Å²) in [7, 11) is 0. The topological polar surface area (TPSA) is 78.7 Å². The number of carboxylic acid groups (broad SMARTS) is 1. The molecule has 1 fully saturated rings. The van der Waals surface area contributed by atoms with E-state index in [9.17, 15) is 27.2 Å². The normalized spacial score (nSPS) is 17.5. The molecule has 3 heterocycles. The Morgan fingerprint density at radius 3 is 2.51 bits per heavy atom. The molecule has 0 bridgehead atoms. The molecule has 0 aliphatic carbocycles. The number of rotatable bonds is 6. The number of aliphatic carboxylic acids is 1. The Hall–Kier alpha value is -2.66. The molecule has 1 aromatic heterocycles. The fourth-order valence-corrected chi connectivity index (χ4v) is 4.94. The zero-order chi connectivity index (χ0) is 25.3. The van der Waals surface area contributed by atoms with Crippen LogP contribution in [-0.2, 0) is 35.3 Å². The molecule has 0 spiro atoms. The van der Waals surface area contributed by atoms with Crippen molar-refractivity contribution in [3.05, 3.63) is 51.6 Å². The van der Waals surface area contributed by atoms with Gasteiger partial charge in [0.05, 0.1) is 25.3 Å². The van der Waals surface area contributed by atoms with Crippen LogP contribution in [0, 0.1) is 11.7 Å². The van der Waals surface area contributed by atoms with Gasteiger partial charge < -0.3 is 10.0 Å². The van der Waals surface area contributed by atoms with E-state index in [1.165, 1.54) is 17.0 Å².